The number of nitrogens with one attached hydrogen (secondary N) is 1. The van der Waals surface area contributed by atoms with E-state index in [4.69, 9.17) is 20.4 Å². The summed E-state index contributed by atoms with van der Waals surface area (Å²) in [7, 11) is 1.70. The van der Waals surface area contributed by atoms with Crippen molar-refractivity contribution in [2.24, 2.45) is 10.7 Å². The third kappa shape index (κ3) is 5.86. The lowest BCUT2D eigenvalue weighted by Crippen LogP contribution is -2.06. The van der Waals surface area contributed by atoms with Gasteiger partial charge in [-0.15, -0.1) is 0 Å². The van der Waals surface area contributed by atoms with E-state index in [1.54, 1.807) is 13.3 Å². The van der Waals surface area contributed by atoms with Crippen LogP contribution >= 0.6 is 11.9 Å². The first kappa shape index (κ1) is 22.4. The van der Waals surface area contributed by atoms with Crippen molar-refractivity contribution in [3.63, 3.8) is 0 Å². The van der Waals surface area contributed by atoms with Crippen molar-refractivity contribution in [3.05, 3.63) is 76.8 Å². The van der Waals surface area contributed by atoms with Gasteiger partial charge in [0.2, 0.25) is 11.8 Å². The van der Waals surface area contributed by atoms with E-state index in [9.17, 15) is 0 Å². The molecule has 160 valence electrons. The Hall–Kier alpha value is -3.32. The van der Waals surface area contributed by atoms with E-state index in [-0.39, 0.29) is 0 Å². The molecule has 0 aliphatic rings. The molecule has 31 heavy (non-hydrogen) atoms. The number of rotatable bonds is 9. The van der Waals surface area contributed by atoms with Crippen LogP contribution < -0.4 is 15.2 Å². The first-order valence-corrected chi connectivity index (χ1v) is 10.9. The van der Waals surface area contributed by atoms with Crippen molar-refractivity contribution in [2.45, 2.75) is 26.7 Å². The van der Waals surface area contributed by atoms with Gasteiger partial charge in [-0.1, -0.05) is 55.8 Å². The Bertz CT molecular complexity index is 1070. The number of anilines is 1. The smallest absolute Gasteiger partial charge is 0.237 e. The molecule has 0 radical (unpaired) electrons. The summed E-state index contributed by atoms with van der Waals surface area (Å²) >= 11 is 1.30. The van der Waals surface area contributed by atoms with Gasteiger partial charge in [-0.3, -0.25) is 9.71 Å². The van der Waals surface area contributed by atoms with Gasteiger partial charge in [0.15, 0.2) is 0 Å². The highest BCUT2D eigenvalue weighted by atomic mass is 32.2. The van der Waals surface area contributed by atoms with Crippen LogP contribution in [0.3, 0.4) is 0 Å². The van der Waals surface area contributed by atoms with Gasteiger partial charge in [0.25, 0.3) is 0 Å². The first-order chi connectivity index (χ1) is 15.2. The van der Waals surface area contributed by atoms with Crippen LogP contribution in [0.2, 0.25) is 0 Å². The summed E-state index contributed by atoms with van der Waals surface area (Å²) in [5, 5.41) is 0. The van der Waals surface area contributed by atoms with Crippen molar-refractivity contribution < 1.29 is 4.74 Å². The summed E-state index contributed by atoms with van der Waals surface area (Å²) in [5.74, 6) is 1.72. The van der Waals surface area contributed by atoms with Crippen LogP contribution in [0.25, 0.3) is 11.3 Å². The van der Waals surface area contributed by atoms with Gasteiger partial charge in [0.1, 0.15) is 5.75 Å². The molecule has 1 aromatic heterocycles. The van der Waals surface area contributed by atoms with Crippen molar-refractivity contribution in [1.82, 2.24) is 9.97 Å². The second-order valence-electron chi connectivity index (χ2n) is 6.82. The summed E-state index contributed by atoms with van der Waals surface area (Å²) in [6.07, 6.45) is 4.91. The van der Waals surface area contributed by atoms with Crippen molar-refractivity contribution >= 4 is 24.1 Å². The van der Waals surface area contributed by atoms with Gasteiger partial charge in [-0.05, 0) is 43.0 Å². The minimum Gasteiger partial charge on any atom is -0.439 e. The molecule has 6 nitrogen and oxygen atoms in total. The number of hydrogen-bond acceptors (Lipinski definition) is 7. The molecular formula is C24H27N5OS. The Kier molecular flexibility index (Phi) is 8.06. The van der Waals surface area contributed by atoms with Gasteiger partial charge < -0.3 is 10.5 Å². The predicted molar refractivity (Wildman–Crippen MR) is 131 cm³/mol. The molecule has 0 atom stereocenters. The lowest BCUT2D eigenvalue weighted by Gasteiger charge is -2.17. The molecule has 0 unspecified atom stereocenters. The lowest BCUT2D eigenvalue weighted by molar-refractivity contribution is 0.455. The second kappa shape index (κ2) is 11.2. The van der Waals surface area contributed by atoms with Crippen LogP contribution in [0, 0.1) is 6.92 Å². The number of ether oxygens (including phenoxy) is 1. The molecule has 0 aliphatic carbocycles. The number of hydrogen-bond donors (Lipinski definition) is 2. The molecule has 3 aromatic rings. The first-order valence-electron chi connectivity index (χ1n) is 10.1. The quantitative estimate of drug-likeness (QED) is 0.330. The lowest BCUT2D eigenvalue weighted by atomic mass is 9.99. The summed E-state index contributed by atoms with van der Waals surface area (Å²) in [6, 6.07) is 17.9. The summed E-state index contributed by atoms with van der Waals surface area (Å²) in [5.41, 5.74) is 9.74. The van der Waals surface area contributed by atoms with Crippen LogP contribution in [0.15, 0.2) is 70.7 Å². The fourth-order valence-corrected chi connectivity index (χ4v) is 3.59. The number of nitrogens with two attached hydrogens (primary N) is 1. The number of aryl methyl sites for hydroxylation is 1. The highest BCUT2D eigenvalue weighted by Crippen LogP contribution is 2.35. The minimum atomic E-state index is 0.442. The van der Waals surface area contributed by atoms with Crippen LogP contribution in [-0.4, -0.2) is 23.2 Å². The third-order valence-corrected chi connectivity index (χ3v) is 5.27. The average molecular weight is 434 g/mol. The fourth-order valence-electron chi connectivity index (χ4n) is 3.07. The molecule has 3 N–H and O–H groups in total. The highest BCUT2D eigenvalue weighted by Gasteiger charge is 2.19. The van der Waals surface area contributed by atoms with E-state index >= 15 is 0 Å². The van der Waals surface area contributed by atoms with Gasteiger partial charge in [0.05, 0.1) is 10.6 Å². The summed E-state index contributed by atoms with van der Waals surface area (Å²) in [6.45, 7) is 4.22. The number of benzene rings is 2. The minimum absolute atomic E-state index is 0.442. The second-order valence-corrected chi connectivity index (χ2v) is 7.70. The number of aromatic nitrogens is 2. The molecule has 7 heteroatoms. The van der Waals surface area contributed by atoms with Gasteiger partial charge in [-0.25, -0.2) is 4.98 Å². The molecule has 0 aliphatic heterocycles. The van der Waals surface area contributed by atoms with Gasteiger partial charge >= 0.3 is 0 Å². The van der Waals surface area contributed by atoms with E-state index in [2.05, 4.69) is 35.7 Å². The molecule has 0 saturated carbocycles. The molecular weight excluding hydrogens is 406 g/mol. The van der Waals surface area contributed by atoms with Gasteiger partial charge in [0, 0.05) is 30.6 Å². The van der Waals surface area contributed by atoms with E-state index in [0.717, 1.165) is 45.9 Å². The average Bonchev–Trinajstić information content (AvgIpc) is 2.79. The number of para-hydroxylation sites is 1. The number of nitrogens with zero attached hydrogens (tertiary/aromatic N) is 3. The molecule has 3 rings (SSSR count). The molecule has 0 bridgehead atoms. The Morgan fingerprint density at radius 3 is 2.55 bits per heavy atom. The topological polar surface area (TPSA) is 85.4 Å². The fraction of sp³-hybridized carbons (Fsp3) is 0.208. The van der Waals surface area contributed by atoms with Crippen LogP contribution in [0.1, 0.15) is 24.5 Å². The van der Waals surface area contributed by atoms with Crippen LogP contribution in [-0.2, 0) is 6.42 Å². The highest BCUT2D eigenvalue weighted by molar-refractivity contribution is 8.05. The molecule has 0 saturated heterocycles. The van der Waals surface area contributed by atoms with Crippen molar-refractivity contribution in [2.75, 3.05) is 11.8 Å². The Morgan fingerprint density at radius 1 is 1.13 bits per heavy atom. The molecule has 0 fully saturated rings. The Labute approximate surface area is 187 Å². The molecule has 0 spiro atoms. The molecule has 2 aromatic carbocycles. The zero-order chi connectivity index (χ0) is 22.1. The zero-order valence-electron chi connectivity index (χ0n) is 18.0. The van der Waals surface area contributed by atoms with Crippen molar-refractivity contribution in [1.29, 1.82) is 0 Å². The maximum atomic E-state index is 6.22. The van der Waals surface area contributed by atoms with E-state index < -0.39 is 0 Å². The maximum absolute atomic E-state index is 6.22. The van der Waals surface area contributed by atoms with Gasteiger partial charge in [-0.2, -0.15) is 4.98 Å². The number of allylic oxidation sites excluding steroid dienone is 1. The standard InChI is InChI=1S/C24H27N5OS/c1-4-10-21-22(20-14-9-8-11-17(20)2)27-24(29-31-19(15-25)16-26-3)28-23(21)30-18-12-6-5-7-13-18/h5-9,11-16H,4,10,25H2,1-3H3,(H,27,28,29)/b19-15+,26-16?. The SMILES string of the molecule is CCCc1c(Oc2ccccc2)nc(NS/C(C=NC)=C/N)nc1-c1ccccc1C. The Morgan fingerprint density at radius 2 is 1.87 bits per heavy atom. The summed E-state index contributed by atoms with van der Waals surface area (Å²) in [4.78, 5) is 14.3. The van der Waals surface area contributed by atoms with E-state index in [1.807, 2.05) is 42.5 Å². The maximum Gasteiger partial charge on any atom is 0.237 e. The van der Waals surface area contributed by atoms with Crippen molar-refractivity contribution in [3.8, 4) is 22.9 Å². The monoisotopic (exact) mass is 433 g/mol. The Balaban J connectivity index is 2.10. The van der Waals surface area contributed by atoms with E-state index in [1.165, 1.54) is 18.1 Å². The van der Waals surface area contributed by atoms with E-state index in [0.29, 0.717) is 11.8 Å². The molecule has 1 heterocycles. The third-order valence-electron chi connectivity index (χ3n) is 4.51. The number of aliphatic imine (C=N–C) groups is 1. The van der Waals surface area contributed by atoms with Crippen LogP contribution in [0.5, 0.6) is 11.6 Å². The zero-order valence-corrected chi connectivity index (χ0v) is 18.8. The summed E-state index contributed by atoms with van der Waals surface area (Å²) < 4.78 is 9.40. The predicted octanol–water partition coefficient (Wildman–Crippen LogP) is 5.76. The largest absolute Gasteiger partial charge is 0.439 e. The normalized spacial score (nSPS) is 11.6. The van der Waals surface area contributed by atoms with Crippen LogP contribution in [0.4, 0.5) is 5.95 Å². The molecule has 0 amide bonds.